The number of nitrogens with one attached hydrogen (secondary N) is 4. The van der Waals surface area contributed by atoms with Crippen molar-refractivity contribution in [2.45, 2.75) is 18.0 Å². The molecule has 0 saturated heterocycles. The number of amides is 2. The van der Waals surface area contributed by atoms with Crippen molar-refractivity contribution in [1.29, 1.82) is 0 Å². The number of urea groups is 1. The summed E-state index contributed by atoms with van der Waals surface area (Å²) in [5.74, 6) is 0.608. The number of carbonyl (C=O) groups excluding carboxylic acids is 1. The highest BCUT2D eigenvalue weighted by Crippen LogP contribution is 2.19. The van der Waals surface area contributed by atoms with Crippen LogP contribution in [-0.2, 0) is 23.1 Å². The average molecular weight is 415 g/mol. The topological polar surface area (TPSA) is 125 Å². The van der Waals surface area contributed by atoms with E-state index in [4.69, 9.17) is 4.74 Å². The van der Waals surface area contributed by atoms with E-state index in [2.05, 4.69) is 25.6 Å². The number of aromatic nitrogens is 2. The Kier molecular flexibility index (Phi) is 6.47. The molecule has 2 amide bonds. The molecule has 0 saturated carbocycles. The highest BCUT2D eigenvalue weighted by molar-refractivity contribution is 7.89. The maximum absolute atomic E-state index is 12.5. The van der Waals surface area contributed by atoms with E-state index in [-0.39, 0.29) is 11.4 Å². The van der Waals surface area contributed by atoms with Crippen molar-refractivity contribution in [2.24, 2.45) is 0 Å². The molecule has 0 fully saturated rings. The molecule has 0 bridgehead atoms. The molecule has 0 atom stereocenters. The third-order valence-corrected chi connectivity index (χ3v) is 5.49. The highest BCUT2D eigenvalue weighted by Gasteiger charge is 2.15. The van der Waals surface area contributed by atoms with Gasteiger partial charge >= 0.3 is 6.03 Å². The summed E-state index contributed by atoms with van der Waals surface area (Å²) in [5.41, 5.74) is 2.03. The number of hydrogen-bond acceptors (Lipinski definition) is 5. The van der Waals surface area contributed by atoms with Gasteiger partial charge in [0.2, 0.25) is 10.0 Å². The fourth-order valence-electron chi connectivity index (χ4n) is 2.55. The first-order valence-electron chi connectivity index (χ1n) is 8.72. The van der Waals surface area contributed by atoms with E-state index in [0.717, 1.165) is 11.1 Å². The van der Waals surface area contributed by atoms with Crippen molar-refractivity contribution in [3.63, 3.8) is 0 Å². The molecule has 0 unspecified atom stereocenters. The molecule has 0 spiro atoms. The lowest BCUT2D eigenvalue weighted by molar-refractivity contribution is 0.251. The van der Waals surface area contributed by atoms with E-state index >= 15 is 0 Å². The van der Waals surface area contributed by atoms with Gasteiger partial charge in [0.15, 0.2) is 0 Å². The average Bonchev–Trinajstić information content (AvgIpc) is 3.25. The van der Waals surface area contributed by atoms with E-state index in [1.807, 2.05) is 12.1 Å². The molecule has 0 aliphatic heterocycles. The molecule has 3 aromatic rings. The van der Waals surface area contributed by atoms with Crippen LogP contribution in [0, 0.1) is 0 Å². The summed E-state index contributed by atoms with van der Waals surface area (Å²) in [5, 5.41) is 11.8. The van der Waals surface area contributed by atoms with Crippen molar-refractivity contribution in [2.75, 3.05) is 12.4 Å². The van der Waals surface area contributed by atoms with E-state index in [1.54, 1.807) is 24.5 Å². The van der Waals surface area contributed by atoms with Gasteiger partial charge in [-0.25, -0.2) is 17.9 Å². The molecule has 1 aromatic heterocycles. The molecule has 1 heterocycles. The molecular weight excluding hydrogens is 394 g/mol. The summed E-state index contributed by atoms with van der Waals surface area (Å²) in [6.07, 6.45) is 3.29. The predicted octanol–water partition coefficient (Wildman–Crippen LogP) is 2.22. The molecule has 29 heavy (non-hydrogen) atoms. The second kappa shape index (κ2) is 9.22. The molecule has 3 rings (SSSR count). The van der Waals surface area contributed by atoms with E-state index in [9.17, 15) is 13.2 Å². The molecule has 152 valence electrons. The molecule has 0 radical (unpaired) electrons. The van der Waals surface area contributed by atoms with Gasteiger partial charge in [0.1, 0.15) is 5.75 Å². The normalized spacial score (nSPS) is 11.1. The van der Waals surface area contributed by atoms with Gasteiger partial charge in [-0.1, -0.05) is 18.2 Å². The number of anilines is 1. The lowest BCUT2D eigenvalue weighted by Crippen LogP contribution is -2.28. The third-order valence-electron chi connectivity index (χ3n) is 4.08. The number of carbonyl (C=O) groups is 1. The molecular formula is C19H21N5O4S. The van der Waals surface area contributed by atoms with Gasteiger partial charge in [-0.05, 0) is 30.3 Å². The maximum atomic E-state index is 12.5. The number of para-hydroxylation sites is 1. The van der Waals surface area contributed by atoms with Crippen LogP contribution >= 0.6 is 0 Å². The number of rotatable bonds is 8. The Bertz CT molecular complexity index is 1050. The number of methoxy groups -OCH3 is 1. The van der Waals surface area contributed by atoms with Crippen LogP contribution in [0.2, 0.25) is 0 Å². The van der Waals surface area contributed by atoms with Gasteiger partial charge in [-0.2, -0.15) is 5.10 Å². The summed E-state index contributed by atoms with van der Waals surface area (Å²) in [6.45, 7) is 0.421. The van der Waals surface area contributed by atoms with Gasteiger partial charge in [-0.15, -0.1) is 0 Å². The van der Waals surface area contributed by atoms with E-state index in [0.29, 0.717) is 18.0 Å². The Labute approximate surface area is 168 Å². The quantitative estimate of drug-likeness (QED) is 0.449. The van der Waals surface area contributed by atoms with Crippen LogP contribution in [0.5, 0.6) is 5.75 Å². The van der Waals surface area contributed by atoms with Crippen LogP contribution < -0.4 is 20.1 Å². The minimum atomic E-state index is -3.71. The fourth-order valence-corrected chi connectivity index (χ4v) is 3.56. The van der Waals surface area contributed by atoms with E-state index < -0.39 is 16.1 Å². The van der Waals surface area contributed by atoms with Crippen LogP contribution in [0.15, 0.2) is 65.8 Å². The molecule has 0 aliphatic rings. The first kappa shape index (κ1) is 20.4. The summed E-state index contributed by atoms with van der Waals surface area (Å²) >= 11 is 0. The smallest absolute Gasteiger partial charge is 0.319 e. The van der Waals surface area contributed by atoms with Gasteiger partial charge in [-0.3, -0.25) is 5.10 Å². The number of sulfonamides is 1. The van der Waals surface area contributed by atoms with Crippen LogP contribution in [0.3, 0.4) is 0 Å². The van der Waals surface area contributed by atoms with Crippen LogP contribution in [0.1, 0.15) is 11.1 Å². The second-order valence-corrected chi connectivity index (χ2v) is 7.84. The van der Waals surface area contributed by atoms with Crippen molar-refractivity contribution in [3.05, 3.63) is 72.1 Å². The first-order chi connectivity index (χ1) is 14.0. The van der Waals surface area contributed by atoms with Crippen molar-refractivity contribution >= 4 is 21.7 Å². The van der Waals surface area contributed by atoms with Crippen molar-refractivity contribution in [3.8, 4) is 5.75 Å². The van der Waals surface area contributed by atoms with Crippen LogP contribution in [-0.4, -0.2) is 31.8 Å². The number of aromatic amines is 1. The molecule has 10 heteroatoms. The largest absolute Gasteiger partial charge is 0.496 e. The second-order valence-electron chi connectivity index (χ2n) is 6.08. The summed E-state index contributed by atoms with van der Waals surface area (Å²) < 4.78 is 32.8. The fraction of sp³-hybridized carbons (Fsp3) is 0.158. The number of hydrogen-bond donors (Lipinski definition) is 4. The minimum absolute atomic E-state index is 0.0942. The zero-order valence-corrected chi connectivity index (χ0v) is 16.5. The Morgan fingerprint density at radius 3 is 2.55 bits per heavy atom. The number of H-pyrrole nitrogens is 1. The summed E-state index contributed by atoms with van der Waals surface area (Å²) in [4.78, 5) is 12.0. The predicted molar refractivity (Wildman–Crippen MR) is 108 cm³/mol. The van der Waals surface area contributed by atoms with Crippen molar-refractivity contribution < 1.29 is 17.9 Å². The number of benzene rings is 2. The van der Waals surface area contributed by atoms with Crippen LogP contribution in [0.4, 0.5) is 10.5 Å². The monoisotopic (exact) mass is 415 g/mol. The van der Waals surface area contributed by atoms with Crippen molar-refractivity contribution in [1.82, 2.24) is 20.2 Å². The SMILES string of the molecule is COc1ccccc1CNS(=O)(=O)c1ccc(NC(=O)NCc2cn[nH]c2)cc1. The summed E-state index contributed by atoms with van der Waals surface area (Å²) in [6, 6.07) is 12.7. The Morgan fingerprint density at radius 1 is 1.10 bits per heavy atom. The van der Waals surface area contributed by atoms with E-state index in [1.165, 1.54) is 31.4 Å². The zero-order chi connectivity index (χ0) is 20.7. The van der Waals surface area contributed by atoms with Gasteiger partial charge in [0, 0.05) is 36.1 Å². The lowest BCUT2D eigenvalue weighted by atomic mass is 10.2. The van der Waals surface area contributed by atoms with Gasteiger partial charge in [0.25, 0.3) is 0 Å². The van der Waals surface area contributed by atoms with Gasteiger partial charge in [0.05, 0.1) is 18.2 Å². The minimum Gasteiger partial charge on any atom is -0.496 e. The Hall–Kier alpha value is -3.37. The highest BCUT2D eigenvalue weighted by atomic mass is 32.2. The Morgan fingerprint density at radius 2 is 1.86 bits per heavy atom. The number of nitrogens with zero attached hydrogens (tertiary/aromatic N) is 1. The first-order valence-corrected chi connectivity index (χ1v) is 10.2. The van der Waals surface area contributed by atoms with Gasteiger partial charge < -0.3 is 15.4 Å². The maximum Gasteiger partial charge on any atom is 0.319 e. The Balaban J connectivity index is 1.57. The molecule has 4 N–H and O–H groups in total. The standard InChI is InChI=1S/C19H21N5O4S/c1-28-18-5-3-2-4-15(18)13-23-29(26,27)17-8-6-16(7-9-17)24-19(25)20-10-14-11-21-22-12-14/h2-9,11-12,23H,10,13H2,1H3,(H,21,22)(H2,20,24,25). The zero-order valence-electron chi connectivity index (χ0n) is 15.7. The van der Waals surface area contributed by atoms with Crippen LogP contribution in [0.25, 0.3) is 0 Å². The number of ether oxygens (including phenoxy) is 1. The molecule has 9 nitrogen and oxygen atoms in total. The third kappa shape index (κ3) is 5.56. The molecule has 2 aromatic carbocycles. The molecule has 0 aliphatic carbocycles. The lowest BCUT2D eigenvalue weighted by Gasteiger charge is -2.11. The summed E-state index contributed by atoms with van der Waals surface area (Å²) in [7, 11) is -2.18.